The number of nitrogens with two attached hydrogens (primary N) is 1. The lowest BCUT2D eigenvalue weighted by Gasteiger charge is -2.07. The molecule has 152 valence electrons. The highest BCUT2D eigenvalue weighted by Crippen LogP contribution is 2.19. The van der Waals surface area contributed by atoms with Gasteiger partial charge in [0.05, 0.1) is 0 Å². The summed E-state index contributed by atoms with van der Waals surface area (Å²) < 4.78 is 5.16. The molecule has 0 fully saturated rings. The highest BCUT2D eigenvalue weighted by molar-refractivity contribution is 6.12. The smallest absolute Gasteiger partial charge is 0.407 e. The summed E-state index contributed by atoms with van der Waals surface area (Å²) in [7, 11) is 0. The average Bonchev–Trinajstić information content (AvgIpc) is 2.79. The van der Waals surface area contributed by atoms with Gasteiger partial charge in [-0.25, -0.2) is 4.79 Å². The predicted octanol–water partition coefficient (Wildman–Crippen LogP) is 4.83. The van der Waals surface area contributed by atoms with Gasteiger partial charge in [0.15, 0.2) is 5.78 Å². The lowest BCUT2D eigenvalue weighted by atomic mass is 9.99. The number of nitrogen functional groups attached to an aromatic ring is 1. The van der Waals surface area contributed by atoms with Crippen LogP contribution >= 0.6 is 0 Å². The molecule has 0 aliphatic rings. The first kappa shape index (κ1) is 20.9. The van der Waals surface area contributed by atoms with E-state index in [9.17, 15) is 9.59 Å². The van der Waals surface area contributed by atoms with Crippen molar-refractivity contribution in [1.29, 1.82) is 0 Å². The van der Waals surface area contributed by atoms with Crippen molar-refractivity contribution >= 4 is 23.6 Å². The fourth-order valence-electron chi connectivity index (χ4n) is 2.87. The van der Waals surface area contributed by atoms with Crippen molar-refractivity contribution in [1.82, 2.24) is 5.32 Å². The Balaban J connectivity index is 1.48. The molecule has 0 saturated carbocycles. The van der Waals surface area contributed by atoms with Gasteiger partial charge >= 0.3 is 6.09 Å². The molecule has 3 N–H and O–H groups in total. The van der Waals surface area contributed by atoms with E-state index in [1.165, 1.54) is 0 Å². The molecule has 30 heavy (non-hydrogen) atoms. The number of ether oxygens (including phenoxy) is 1. The quantitative estimate of drug-likeness (QED) is 0.322. The van der Waals surface area contributed by atoms with Crippen molar-refractivity contribution < 1.29 is 14.3 Å². The van der Waals surface area contributed by atoms with Gasteiger partial charge in [-0.2, -0.15) is 0 Å². The number of alkyl carbamates (subject to hydrolysis) is 1. The monoisotopic (exact) mass is 400 g/mol. The number of ketones is 1. The van der Waals surface area contributed by atoms with Crippen molar-refractivity contribution in [2.75, 3.05) is 12.3 Å². The van der Waals surface area contributed by atoms with Crippen LogP contribution in [0, 0.1) is 0 Å². The Morgan fingerprint density at radius 1 is 0.933 bits per heavy atom. The molecular weight excluding hydrogens is 376 g/mol. The summed E-state index contributed by atoms with van der Waals surface area (Å²) >= 11 is 0. The van der Waals surface area contributed by atoms with Gasteiger partial charge in [0.25, 0.3) is 0 Å². The van der Waals surface area contributed by atoms with Gasteiger partial charge in [0, 0.05) is 23.4 Å². The third-order valence-electron chi connectivity index (χ3n) is 4.46. The van der Waals surface area contributed by atoms with Gasteiger partial charge in [-0.15, -0.1) is 0 Å². The molecule has 0 unspecified atom stereocenters. The fraction of sp³-hybridized carbons (Fsp3) is 0.120. The molecule has 3 aromatic rings. The fourth-order valence-corrected chi connectivity index (χ4v) is 2.87. The SMILES string of the molecule is Nc1ccc(C=CCCNC(=O)OCc2ccccc2)cc1C(=O)c1ccccc1. The van der Waals surface area contributed by atoms with Gasteiger partial charge in [0.2, 0.25) is 0 Å². The summed E-state index contributed by atoms with van der Waals surface area (Å²) in [6.07, 6.45) is 4.01. The molecule has 0 aliphatic heterocycles. The standard InChI is InChI=1S/C25H24N2O3/c26-23-15-14-19(17-22(23)24(28)21-12-5-2-6-13-21)9-7-8-16-27-25(29)30-18-20-10-3-1-4-11-20/h1-7,9-15,17H,8,16,18,26H2,(H,27,29). The average molecular weight is 400 g/mol. The van der Waals surface area contributed by atoms with Crippen molar-refractivity contribution in [2.24, 2.45) is 0 Å². The summed E-state index contributed by atoms with van der Waals surface area (Å²) in [6, 6.07) is 23.9. The van der Waals surface area contributed by atoms with E-state index in [-0.39, 0.29) is 12.4 Å². The van der Waals surface area contributed by atoms with Gasteiger partial charge in [-0.05, 0) is 29.7 Å². The van der Waals surface area contributed by atoms with E-state index in [0.29, 0.717) is 29.8 Å². The molecule has 0 bridgehead atoms. The Morgan fingerprint density at radius 2 is 1.63 bits per heavy atom. The van der Waals surface area contributed by atoms with E-state index in [1.54, 1.807) is 24.3 Å². The summed E-state index contributed by atoms with van der Waals surface area (Å²) in [6.45, 7) is 0.696. The first-order valence-corrected chi connectivity index (χ1v) is 9.74. The normalized spacial score (nSPS) is 10.7. The Kier molecular flexibility index (Phi) is 7.39. The largest absolute Gasteiger partial charge is 0.445 e. The third kappa shape index (κ3) is 6.07. The number of hydrogen-bond acceptors (Lipinski definition) is 4. The molecule has 5 nitrogen and oxygen atoms in total. The maximum absolute atomic E-state index is 12.7. The molecule has 0 spiro atoms. The van der Waals surface area contributed by atoms with Gasteiger partial charge in [-0.1, -0.05) is 78.9 Å². The molecule has 3 rings (SSSR count). The van der Waals surface area contributed by atoms with E-state index >= 15 is 0 Å². The molecule has 0 aromatic heterocycles. The van der Waals surface area contributed by atoms with Crippen LogP contribution in [0.1, 0.15) is 33.5 Å². The predicted molar refractivity (Wildman–Crippen MR) is 119 cm³/mol. The molecule has 0 heterocycles. The summed E-state index contributed by atoms with van der Waals surface area (Å²) in [5.74, 6) is -0.105. The number of amides is 1. The number of hydrogen-bond donors (Lipinski definition) is 2. The Hall–Kier alpha value is -3.86. The van der Waals surface area contributed by atoms with Crippen LogP contribution in [0.25, 0.3) is 6.08 Å². The molecule has 3 aromatic carbocycles. The molecule has 0 saturated heterocycles. The van der Waals surface area contributed by atoms with Crippen LogP contribution in [0.15, 0.2) is 84.9 Å². The van der Waals surface area contributed by atoms with E-state index in [2.05, 4.69) is 5.32 Å². The molecule has 5 heteroatoms. The van der Waals surface area contributed by atoms with Crippen LogP contribution in [0.3, 0.4) is 0 Å². The number of anilines is 1. The van der Waals surface area contributed by atoms with E-state index in [4.69, 9.17) is 10.5 Å². The maximum atomic E-state index is 12.7. The van der Waals surface area contributed by atoms with Crippen molar-refractivity contribution in [3.8, 4) is 0 Å². The Bertz CT molecular complexity index is 1020. The van der Waals surface area contributed by atoms with Crippen LogP contribution in [-0.4, -0.2) is 18.4 Å². The highest BCUT2D eigenvalue weighted by Gasteiger charge is 2.12. The minimum Gasteiger partial charge on any atom is -0.445 e. The molecule has 0 atom stereocenters. The summed E-state index contributed by atoms with van der Waals surface area (Å²) in [5.41, 5.74) is 9.34. The topological polar surface area (TPSA) is 81.4 Å². The summed E-state index contributed by atoms with van der Waals surface area (Å²) in [4.78, 5) is 24.4. The van der Waals surface area contributed by atoms with Crippen LogP contribution in [0.5, 0.6) is 0 Å². The second kappa shape index (κ2) is 10.6. The Morgan fingerprint density at radius 3 is 2.37 bits per heavy atom. The maximum Gasteiger partial charge on any atom is 0.407 e. The van der Waals surface area contributed by atoms with Crippen LogP contribution in [0.2, 0.25) is 0 Å². The first-order chi connectivity index (χ1) is 14.6. The molecule has 0 radical (unpaired) electrons. The third-order valence-corrected chi connectivity index (χ3v) is 4.46. The summed E-state index contributed by atoms with van der Waals surface area (Å²) in [5, 5.41) is 2.71. The second-order valence-electron chi connectivity index (χ2n) is 6.72. The number of carbonyl (C=O) groups is 2. The minimum absolute atomic E-state index is 0.105. The highest BCUT2D eigenvalue weighted by atomic mass is 16.5. The molecular formula is C25H24N2O3. The molecule has 1 amide bonds. The minimum atomic E-state index is -0.449. The number of benzene rings is 3. The van der Waals surface area contributed by atoms with E-state index in [0.717, 1.165) is 11.1 Å². The van der Waals surface area contributed by atoms with Gasteiger partial charge < -0.3 is 15.8 Å². The number of carbonyl (C=O) groups excluding carboxylic acids is 2. The Labute approximate surface area is 176 Å². The zero-order chi connectivity index (χ0) is 21.2. The van der Waals surface area contributed by atoms with Crippen LogP contribution < -0.4 is 11.1 Å². The van der Waals surface area contributed by atoms with E-state index in [1.807, 2.05) is 66.7 Å². The number of rotatable bonds is 8. The number of nitrogens with one attached hydrogen (secondary N) is 1. The van der Waals surface area contributed by atoms with Crippen molar-refractivity contribution in [3.05, 3.63) is 107 Å². The van der Waals surface area contributed by atoms with Crippen molar-refractivity contribution in [2.45, 2.75) is 13.0 Å². The lowest BCUT2D eigenvalue weighted by Crippen LogP contribution is -2.24. The second-order valence-corrected chi connectivity index (χ2v) is 6.72. The zero-order valence-corrected chi connectivity index (χ0v) is 16.6. The van der Waals surface area contributed by atoms with Gasteiger partial charge in [-0.3, -0.25) is 4.79 Å². The lowest BCUT2D eigenvalue weighted by molar-refractivity contribution is 0.103. The van der Waals surface area contributed by atoms with Gasteiger partial charge in [0.1, 0.15) is 6.61 Å². The molecule has 0 aliphatic carbocycles. The van der Waals surface area contributed by atoms with Crippen LogP contribution in [-0.2, 0) is 11.3 Å². The van der Waals surface area contributed by atoms with E-state index < -0.39 is 6.09 Å². The van der Waals surface area contributed by atoms with Crippen molar-refractivity contribution in [3.63, 3.8) is 0 Å². The van der Waals surface area contributed by atoms with Crippen LogP contribution in [0.4, 0.5) is 10.5 Å². The first-order valence-electron chi connectivity index (χ1n) is 9.74. The zero-order valence-electron chi connectivity index (χ0n) is 16.6.